The van der Waals surface area contributed by atoms with E-state index in [0.29, 0.717) is 55.6 Å². The van der Waals surface area contributed by atoms with Crippen molar-refractivity contribution in [3.05, 3.63) is 126 Å². The number of nitrogens with two attached hydrogens (primary N) is 4. The van der Waals surface area contributed by atoms with Crippen molar-refractivity contribution in [2.24, 2.45) is 22.9 Å². The molecule has 17 N–H and O–H groups in total. The summed E-state index contributed by atoms with van der Waals surface area (Å²) in [4.78, 5) is 111. The zero-order valence-corrected chi connectivity index (χ0v) is 41.9. The third-order valence-corrected chi connectivity index (χ3v) is 13.0. The maximum atomic E-state index is 14.9. The van der Waals surface area contributed by atoms with E-state index in [1.807, 2.05) is 61.5 Å². The van der Waals surface area contributed by atoms with Gasteiger partial charge in [-0.3, -0.25) is 33.6 Å². The number of nitrogens with zero attached hydrogens (tertiary/aromatic N) is 1. The molecule has 0 aliphatic heterocycles. The van der Waals surface area contributed by atoms with Crippen LogP contribution in [0.4, 0.5) is 0 Å². The standard InChI is InChI=1S/C53H70N14O7/c1-31-38(37-17-7-9-19-41(37)61-31)27-46(53(74)66-44(24-33-14-4-3-5-15-33)51(72)63-42(47(57)68)20-10-12-22-54)67-50(71)43(21-11-13-23-55)64-52(73)45(25-34-28-59-40-18-8-6-16-36(34)40)65-48(69)32(2)62-49(70)39(56)26-35-29-58-30-60-35/h3-9,14-19,28-30,32,39,42-46,59,61H,10-13,20-27,54-56H2,1-2H3,(H2,57,68)(H,58,60)(H,62,70)(H,63,72)(H,64,73)(H,65,69)(H,66,74)(H,67,71)/t32-,39-,42-,43+,44+,45+,46+/m0/s1. The van der Waals surface area contributed by atoms with Gasteiger partial charge in [0.05, 0.1) is 12.4 Å². The van der Waals surface area contributed by atoms with Crippen LogP contribution < -0.4 is 54.8 Å². The van der Waals surface area contributed by atoms with E-state index in [1.54, 1.807) is 36.7 Å². The van der Waals surface area contributed by atoms with Gasteiger partial charge in [0.2, 0.25) is 41.4 Å². The molecule has 6 rings (SSSR count). The van der Waals surface area contributed by atoms with Crippen LogP contribution in [0, 0.1) is 6.92 Å². The predicted molar refractivity (Wildman–Crippen MR) is 281 cm³/mol. The Kier molecular flexibility index (Phi) is 20.4. The van der Waals surface area contributed by atoms with Crippen molar-refractivity contribution in [2.45, 2.75) is 120 Å². The minimum absolute atomic E-state index is 0.0158. The molecule has 3 aromatic heterocycles. The first-order chi connectivity index (χ1) is 35.6. The molecule has 6 aromatic rings. The van der Waals surface area contributed by atoms with Gasteiger partial charge in [-0.2, -0.15) is 0 Å². The molecule has 0 aliphatic rings. The molecule has 0 unspecified atom stereocenters. The molecule has 0 aliphatic carbocycles. The van der Waals surface area contributed by atoms with Gasteiger partial charge in [0.25, 0.3) is 0 Å². The lowest BCUT2D eigenvalue weighted by Gasteiger charge is -2.28. The highest BCUT2D eigenvalue weighted by molar-refractivity contribution is 5.98. The van der Waals surface area contributed by atoms with Crippen LogP contribution in [0.2, 0.25) is 0 Å². The minimum atomic E-state index is -1.32. The Balaban J connectivity index is 1.28. The number of benzene rings is 3. The largest absolute Gasteiger partial charge is 0.368 e. The molecule has 394 valence electrons. The first-order valence-electron chi connectivity index (χ1n) is 25.0. The lowest BCUT2D eigenvalue weighted by Crippen LogP contribution is -2.60. The Morgan fingerprint density at radius 1 is 0.568 bits per heavy atom. The van der Waals surface area contributed by atoms with Gasteiger partial charge >= 0.3 is 0 Å². The van der Waals surface area contributed by atoms with Crippen molar-refractivity contribution in [1.29, 1.82) is 0 Å². The second kappa shape index (κ2) is 27.3. The number of fused-ring (bicyclic) bond motifs is 2. The number of nitrogens with one attached hydrogen (secondary N) is 9. The fraction of sp³-hybridized carbons (Fsp3) is 0.396. The summed E-state index contributed by atoms with van der Waals surface area (Å²) in [6, 6.07) is 15.7. The number of amides is 7. The van der Waals surface area contributed by atoms with Crippen LogP contribution in [0.3, 0.4) is 0 Å². The second-order valence-electron chi connectivity index (χ2n) is 18.6. The Morgan fingerprint density at radius 2 is 1.11 bits per heavy atom. The number of carbonyl (C=O) groups is 7. The van der Waals surface area contributed by atoms with Gasteiger partial charge in [-0.1, -0.05) is 66.7 Å². The van der Waals surface area contributed by atoms with Crippen molar-refractivity contribution in [3.63, 3.8) is 0 Å². The number of hydrogen-bond acceptors (Lipinski definition) is 11. The number of aromatic amines is 3. The third kappa shape index (κ3) is 15.6. The van der Waals surface area contributed by atoms with Gasteiger partial charge in [-0.25, -0.2) is 4.98 Å². The molecule has 3 aromatic carbocycles. The molecule has 0 spiro atoms. The highest BCUT2D eigenvalue weighted by Gasteiger charge is 2.34. The topological polar surface area (TPSA) is 356 Å². The quantitative estimate of drug-likeness (QED) is 0.0294. The van der Waals surface area contributed by atoms with Gasteiger partial charge in [-0.15, -0.1) is 0 Å². The number of unbranched alkanes of at least 4 members (excludes halogenated alkanes) is 2. The van der Waals surface area contributed by atoms with E-state index in [9.17, 15) is 33.6 Å². The Labute approximate surface area is 429 Å². The van der Waals surface area contributed by atoms with Crippen molar-refractivity contribution in [1.82, 2.24) is 51.8 Å². The summed E-state index contributed by atoms with van der Waals surface area (Å²) in [6.07, 6.45) is 7.23. The SMILES string of the molecule is Cc1[nH]c2ccccc2c1C[C@@H](NC(=O)[C@@H](CCCCN)NC(=O)[C@@H](Cc1c[nH]c2ccccc12)NC(=O)[C@H](C)NC(=O)[C@@H](N)Cc1cnc[nH]1)C(=O)N[C@H](Cc1ccccc1)C(=O)N[C@@H](CCCCN)C(N)=O. The number of primary amides is 1. The Morgan fingerprint density at radius 3 is 1.74 bits per heavy atom. The van der Waals surface area contributed by atoms with Crippen LogP contribution in [-0.2, 0) is 59.2 Å². The summed E-state index contributed by atoms with van der Waals surface area (Å²) in [7, 11) is 0. The monoisotopic (exact) mass is 1010 g/mol. The van der Waals surface area contributed by atoms with E-state index in [1.165, 1.54) is 13.3 Å². The molecule has 0 fully saturated rings. The van der Waals surface area contributed by atoms with Gasteiger partial charge in [-0.05, 0) is 94.3 Å². The van der Waals surface area contributed by atoms with Crippen LogP contribution in [0.15, 0.2) is 97.6 Å². The third-order valence-electron chi connectivity index (χ3n) is 13.0. The zero-order chi connectivity index (χ0) is 53.1. The fourth-order valence-electron chi connectivity index (χ4n) is 8.84. The van der Waals surface area contributed by atoms with E-state index in [2.05, 4.69) is 51.8 Å². The van der Waals surface area contributed by atoms with E-state index < -0.39 is 83.6 Å². The number of H-pyrrole nitrogens is 3. The maximum Gasteiger partial charge on any atom is 0.243 e. The minimum Gasteiger partial charge on any atom is -0.368 e. The molecular formula is C53H70N14O7. The molecule has 7 amide bonds. The number of hydrogen-bond donors (Lipinski definition) is 13. The molecular weight excluding hydrogens is 945 g/mol. The number of rotatable bonds is 29. The van der Waals surface area contributed by atoms with E-state index >= 15 is 0 Å². The maximum absolute atomic E-state index is 14.9. The lowest BCUT2D eigenvalue weighted by molar-refractivity contribution is -0.135. The smallest absolute Gasteiger partial charge is 0.243 e. The summed E-state index contributed by atoms with van der Waals surface area (Å²) in [5.74, 6) is -4.83. The van der Waals surface area contributed by atoms with Crippen molar-refractivity contribution >= 4 is 63.2 Å². The van der Waals surface area contributed by atoms with E-state index in [0.717, 1.165) is 33.1 Å². The van der Waals surface area contributed by atoms with Crippen LogP contribution >= 0.6 is 0 Å². The molecule has 21 nitrogen and oxygen atoms in total. The van der Waals surface area contributed by atoms with E-state index in [4.69, 9.17) is 22.9 Å². The lowest BCUT2D eigenvalue weighted by atomic mass is 9.99. The number of imidazole rings is 1. The van der Waals surface area contributed by atoms with Crippen LogP contribution in [0.25, 0.3) is 21.8 Å². The second-order valence-corrected chi connectivity index (χ2v) is 18.6. The van der Waals surface area contributed by atoms with Gasteiger partial charge < -0.3 is 69.8 Å². The normalized spacial score (nSPS) is 14.2. The molecule has 74 heavy (non-hydrogen) atoms. The number of para-hydroxylation sites is 2. The predicted octanol–water partition coefficient (Wildman–Crippen LogP) is 0.951. The highest BCUT2D eigenvalue weighted by Crippen LogP contribution is 2.24. The van der Waals surface area contributed by atoms with Gasteiger partial charge in [0, 0.05) is 71.3 Å². The number of aromatic nitrogens is 4. The molecule has 7 atom stereocenters. The first kappa shape index (κ1) is 55.4. The molecule has 0 bridgehead atoms. The molecule has 0 saturated carbocycles. The highest BCUT2D eigenvalue weighted by atomic mass is 16.2. The Bertz CT molecular complexity index is 2830. The number of carbonyl (C=O) groups excluding carboxylic acids is 7. The van der Waals surface area contributed by atoms with Crippen molar-refractivity contribution in [3.8, 4) is 0 Å². The van der Waals surface area contributed by atoms with Crippen molar-refractivity contribution < 1.29 is 33.6 Å². The fourth-order valence-corrected chi connectivity index (χ4v) is 8.84. The molecule has 21 heteroatoms. The summed E-state index contributed by atoms with van der Waals surface area (Å²) in [6.45, 7) is 4.01. The molecule has 0 radical (unpaired) electrons. The number of aryl methyl sites for hydroxylation is 1. The Hall–Kier alpha value is -7.88. The van der Waals surface area contributed by atoms with E-state index in [-0.39, 0.29) is 38.5 Å². The van der Waals surface area contributed by atoms with Crippen LogP contribution in [0.5, 0.6) is 0 Å². The van der Waals surface area contributed by atoms with Crippen LogP contribution in [-0.4, -0.2) is 117 Å². The van der Waals surface area contributed by atoms with Crippen molar-refractivity contribution in [2.75, 3.05) is 13.1 Å². The molecule has 0 saturated heterocycles. The van der Waals surface area contributed by atoms with Crippen LogP contribution in [0.1, 0.15) is 73.5 Å². The average molecular weight is 1020 g/mol. The summed E-state index contributed by atoms with van der Waals surface area (Å²) in [5.41, 5.74) is 28.6. The van der Waals surface area contributed by atoms with Gasteiger partial charge in [0.15, 0.2) is 0 Å². The summed E-state index contributed by atoms with van der Waals surface area (Å²) < 4.78 is 0. The molecule has 3 heterocycles. The summed E-state index contributed by atoms with van der Waals surface area (Å²) >= 11 is 0. The average Bonchev–Trinajstić information content (AvgIpc) is 4.14. The zero-order valence-electron chi connectivity index (χ0n) is 41.9. The van der Waals surface area contributed by atoms with Gasteiger partial charge in [0.1, 0.15) is 36.3 Å². The summed E-state index contributed by atoms with van der Waals surface area (Å²) in [5, 5.41) is 18.4. The first-order valence-corrected chi connectivity index (χ1v) is 25.0.